The molecule has 0 unspecified atom stereocenters. The molecule has 30 heavy (non-hydrogen) atoms. The first kappa shape index (κ1) is 19.9. The number of aromatic nitrogens is 4. The molecule has 0 saturated carbocycles. The zero-order valence-corrected chi connectivity index (χ0v) is 17.4. The summed E-state index contributed by atoms with van der Waals surface area (Å²) in [6.45, 7) is 3.93. The van der Waals surface area contributed by atoms with Crippen LogP contribution in [0.3, 0.4) is 0 Å². The van der Waals surface area contributed by atoms with Gasteiger partial charge in [-0.2, -0.15) is 5.10 Å². The standard InChI is InChI=1S/C22H21N5O2S/c1-14(2)29-18-8-4-7-17(10-18)26-21(28)16-6-3-5-15(9-16)12-30-22-19-11-25-27-20(19)23-13-24-22/h3-11,13-14H,12H2,1-2H3,(H,26,28)(H,23,24,25,27). The van der Waals surface area contributed by atoms with Gasteiger partial charge in [0.15, 0.2) is 5.65 Å². The smallest absolute Gasteiger partial charge is 0.255 e. The SMILES string of the molecule is CC(C)Oc1cccc(NC(=O)c2cccc(CSc3ncnc4[nH]ncc34)c2)c1. The fourth-order valence-corrected chi connectivity index (χ4v) is 3.84. The number of hydrogen-bond acceptors (Lipinski definition) is 6. The van der Waals surface area contributed by atoms with E-state index in [0.717, 1.165) is 21.7 Å². The van der Waals surface area contributed by atoms with Crippen molar-refractivity contribution in [2.24, 2.45) is 0 Å². The Morgan fingerprint density at radius 3 is 2.90 bits per heavy atom. The van der Waals surface area contributed by atoms with Crippen LogP contribution < -0.4 is 10.1 Å². The van der Waals surface area contributed by atoms with E-state index >= 15 is 0 Å². The number of carbonyl (C=O) groups excluding carboxylic acids is 1. The molecule has 152 valence electrons. The highest BCUT2D eigenvalue weighted by atomic mass is 32.2. The van der Waals surface area contributed by atoms with E-state index in [9.17, 15) is 4.79 Å². The third kappa shape index (κ3) is 4.77. The third-order valence-electron chi connectivity index (χ3n) is 4.24. The minimum Gasteiger partial charge on any atom is -0.491 e. The summed E-state index contributed by atoms with van der Waals surface area (Å²) in [7, 11) is 0. The van der Waals surface area contributed by atoms with Crippen LogP contribution in [0.15, 0.2) is 66.1 Å². The van der Waals surface area contributed by atoms with Gasteiger partial charge in [-0.15, -0.1) is 11.8 Å². The molecule has 0 aliphatic heterocycles. The quantitative estimate of drug-likeness (QED) is 0.334. The highest BCUT2D eigenvalue weighted by Gasteiger charge is 2.10. The number of ether oxygens (including phenoxy) is 1. The number of H-pyrrole nitrogens is 1. The van der Waals surface area contributed by atoms with Crippen LogP contribution in [0, 0.1) is 0 Å². The molecule has 0 atom stereocenters. The molecule has 4 rings (SSSR count). The van der Waals surface area contributed by atoms with Gasteiger partial charge in [-0.3, -0.25) is 9.89 Å². The van der Waals surface area contributed by atoms with Gasteiger partial charge in [0, 0.05) is 23.1 Å². The molecule has 0 radical (unpaired) electrons. The number of rotatable bonds is 7. The monoisotopic (exact) mass is 419 g/mol. The van der Waals surface area contributed by atoms with Crippen LogP contribution in [0.2, 0.25) is 0 Å². The van der Waals surface area contributed by atoms with Gasteiger partial charge in [-0.25, -0.2) is 9.97 Å². The topological polar surface area (TPSA) is 92.8 Å². The van der Waals surface area contributed by atoms with Gasteiger partial charge < -0.3 is 10.1 Å². The van der Waals surface area contributed by atoms with Gasteiger partial charge in [0.25, 0.3) is 5.91 Å². The maximum Gasteiger partial charge on any atom is 0.255 e. The number of benzene rings is 2. The van der Waals surface area contributed by atoms with Crippen LogP contribution in [0.4, 0.5) is 5.69 Å². The van der Waals surface area contributed by atoms with Crippen LogP contribution >= 0.6 is 11.8 Å². The van der Waals surface area contributed by atoms with Gasteiger partial charge >= 0.3 is 0 Å². The molecule has 2 aromatic heterocycles. The van der Waals surface area contributed by atoms with Gasteiger partial charge in [0.05, 0.1) is 17.7 Å². The van der Waals surface area contributed by atoms with Crippen LogP contribution in [0.25, 0.3) is 11.0 Å². The normalized spacial score (nSPS) is 11.0. The maximum absolute atomic E-state index is 12.7. The van der Waals surface area contributed by atoms with Crippen molar-refractivity contribution in [2.45, 2.75) is 30.7 Å². The predicted octanol–water partition coefficient (Wildman–Crippen LogP) is 4.68. The number of amides is 1. The van der Waals surface area contributed by atoms with E-state index in [0.29, 0.717) is 22.7 Å². The number of anilines is 1. The van der Waals surface area contributed by atoms with Gasteiger partial charge in [-0.1, -0.05) is 18.2 Å². The molecule has 1 amide bonds. The summed E-state index contributed by atoms with van der Waals surface area (Å²) in [6.07, 6.45) is 3.31. The van der Waals surface area contributed by atoms with Crippen molar-refractivity contribution in [2.75, 3.05) is 5.32 Å². The number of nitrogens with zero attached hydrogens (tertiary/aromatic N) is 3. The van der Waals surface area contributed by atoms with Gasteiger partial charge in [-0.05, 0) is 43.7 Å². The Kier molecular flexibility index (Phi) is 5.94. The van der Waals surface area contributed by atoms with E-state index in [2.05, 4.69) is 25.5 Å². The van der Waals surface area contributed by atoms with Gasteiger partial charge in [0.2, 0.25) is 0 Å². The maximum atomic E-state index is 12.7. The Labute approximate surface area is 178 Å². The molecule has 0 aliphatic rings. The summed E-state index contributed by atoms with van der Waals surface area (Å²) in [6, 6.07) is 15.0. The molecule has 0 saturated heterocycles. The van der Waals surface area contributed by atoms with Crippen molar-refractivity contribution in [1.29, 1.82) is 0 Å². The molecular weight excluding hydrogens is 398 g/mol. The lowest BCUT2D eigenvalue weighted by Crippen LogP contribution is -2.12. The van der Waals surface area contributed by atoms with Crippen molar-refractivity contribution in [3.05, 3.63) is 72.2 Å². The first-order valence-electron chi connectivity index (χ1n) is 9.52. The first-order valence-corrected chi connectivity index (χ1v) is 10.5. The number of hydrogen-bond donors (Lipinski definition) is 2. The molecule has 0 spiro atoms. The lowest BCUT2D eigenvalue weighted by atomic mass is 10.1. The molecule has 4 aromatic rings. The average Bonchev–Trinajstić information content (AvgIpc) is 3.22. The Balaban J connectivity index is 1.44. The second kappa shape index (κ2) is 8.96. The lowest BCUT2D eigenvalue weighted by molar-refractivity contribution is 0.102. The minimum absolute atomic E-state index is 0.0725. The van der Waals surface area contributed by atoms with E-state index in [1.165, 1.54) is 6.33 Å². The van der Waals surface area contributed by atoms with Crippen LogP contribution in [-0.2, 0) is 5.75 Å². The van der Waals surface area contributed by atoms with Crippen LogP contribution in [0.1, 0.15) is 29.8 Å². The fourth-order valence-electron chi connectivity index (χ4n) is 2.93. The summed E-state index contributed by atoms with van der Waals surface area (Å²) in [5, 5.41) is 11.5. The number of aromatic amines is 1. The summed E-state index contributed by atoms with van der Waals surface area (Å²) >= 11 is 1.58. The summed E-state index contributed by atoms with van der Waals surface area (Å²) in [4.78, 5) is 21.2. The molecule has 2 aromatic carbocycles. The summed E-state index contributed by atoms with van der Waals surface area (Å²) < 4.78 is 5.69. The third-order valence-corrected chi connectivity index (χ3v) is 5.32. The minimum atomic E-state index is -0.164. The zero-order valence-electron chi connectivity index (χ0n) is 16.6. The van der Waals surface area contributed by atoms with E-state index < -0.39 is 0 Å². The van der Waals surface area contributed by atoms with Crippen molar-refractivity contribution in [1.82, 2.24) is 20.2 Å². The summed E-state index contributed by atoms with van der Waals surface area (Å²) in [5.41, 5.74) is 3.03. The average molecular weight is 420 g/mol. The zero-order chi connectivity index (χ0) is 20.9. The van der Waals surface area contributed by atoms with Crippen molar-refractivity contribution >= 4 is 34.4 Å². The largest absolute Gasteiger partial charge is 0.491 e. The van der Waals surface area contributed by atoms with E-state index in [1.54, 1.807) is 24.0 Å². The van der Waals surface area contributed by atoms with Crippen LogP contribution in [0.5, 0.6) is 5.75 Å². The van der Waals surface area contributed by atoms with E-state index in [4.69, 9.17) is 4.74 Å². The Bertz CT molecular complexity index is 1170. The molecule has 2 N–H and O–H groups in total. The van der Waals surface area contributed by atoms with E-state index in [-0.39, 0.29) is 12.0 Å². The lowest BCUT2D eigenvalue weighted by Gasteiger charge is -2.12. The predicted molar refractivity (Wildman–Crippen MR) is 118 cm³/mol. The highest BCUT2D eigenvalue weighted by Crippen LogP contribution is 2.26. The van der Waals surface area contributed by atoms with Gasteiger partial charge in [0.1, 0.15) is 17.1 Å². The Hall–Kier alpha value is -3.39. The van der Waals surface area contributed by atoms with Crippen molar-refractivity contribution in [3.63, 3.8) is 0 Å². The van der Waals surface area contributed by atoms with Crippen molar-refractivity contribution < 1.29 is 9.53 Å². The molecule has 2 heterocycles. The Morgan fingerprint density at radius 1 is 1.17 bits per heavy atom. The molecule has 8 heteroatoms. The second-order valence-electron chi connectivity index (χ2n) is 6.95. The molecule has 0 bridgehead atoms. The van der Waals surface area contributed by atoms with Crippen LogP contribution in [-0.4, -0.2) is 32.2 Å². The molecule has 0 aliphatic carbocycles. The molecule has 0 fully saturated rings. The Morgan fingerprint density at radius 2 is 2.03 bits per heavy atom. The van der Waals surface area contributed by atoms with Crippen molar-refractivity contribution in [3.8, 4) is 5.75 Å². The highest BCUT2D eigenvalue weighted by molar-refractivity contribution is 7.98. The number of nitrogens with one attached hydrogen (secondary N) is 2. The number of fused-ring (bicyclic) bond motifs is 1. The molecule has 7 nitrogen and oxygen atoms in total. The second-order valence-corrected chi connectivity index (χ2v) is 7.91. The molecular formula is C22H21N5O2S. The fraction of sp³-hybridized carbons (Fsp3) is 0.182. The van der Waals surface area contributed by atoms with E-state index in [1.807, 2.05) is 56.3 Å². The number of thioether (sulfide) groups is 1. The number of carbonyl (C=O) groups is 1. The first-order chi connectivity index (χ1) is 14.6. The summed E-state index contributed by atoms with van der Waals surface area (Å²) in [5.74, 6) is 1.24.